The highest BCUT2D eigenvalue weighted by Crippen LogP contribution is 1.93. The van der Waals surface area contributed by atoms with Crippen LogP contribution in [0.1, 0.15) is 32.6 Å². The van der Waals surface area contributed by atoms with Crippen molar-refractivity contribution in [2.24, 2.45) is 5.73 Å². The number of carbonyl (C=O) groups is 2. The molecule has 0 aliphatic carbocycles. The van der Waals surface area contributed by atoms with E-state index in [4.69, 9.17) is 15.9 Å². The van der Waals surface area contributed by atoms with Gasteiger partial charge in [0.05, 0.1) is 0 Å². The molecule has 0 aliphatic heterocycles. The summed E-state index contributed by atoms with van der Waals surface area (Å²) in [6.45, 7) is 2.88. The Morgan fingerprint density at radius 2 is 1.46 bits per heavy atom. The first-order valence-electron chi connectivity index (χ1n) is 4.18. The molecular weight excluding hydrogens is 174 g/mol. The lowest BCUT2D eigenvalue weighted by Gasteiger charge is -1.89. The minimum atomic E-state index is -0.948. The fourth-order valence-electron chi connectivity index (χ4n) is 0.391. The van der Waals surface area contributed by atoms with Crippen LogP contribution in [0.4, 0.5) is 0 Å². The molecule has 0 bridgehead atoms. The van der Waals surface area contributed by atoms with E-state index in [-0.39, 0.29) is 19.3 Å². The summed E-state index contributed by atoms with van der Waals surface area (Å²) in [5.74, 6) is -1.90. The lowest BCUT2D eigenvalue weighted by atomic mass is 10.2. The summed E-state index contributed by atoms with van der Waals surface area (Å²) in [7, 11) is 0. The molecule has 0 saturated carbocycles. The van der Waals surface area contributed by atoms with E-state index in [1.165, 1.54) is 0 Å². The molecule has 0 heterocycles. The monoisotopic (exact) mass is 191 g/mol. The molecule has 0 spiro atoms. The standard InChI is InChI=1S/C5H8O4.C3H9N/c6-4(7)2-1-3-5(8)9;1-2-3-4/h1-3H2,(H,6,7)(H,8,9);2-4H2,1H3. The Bertz CT molecular complexity index is 131. The fraction of sp³-hybridized carbons (Fsp3) is 0.750. The quantitative estimate of drug-likeness (QED) is 0.593. The van der Waals surface area contributed by atoms with Gasteiger partial charge in [0.25, 0.3) is 0 Å². The molecule has 0 aromatic rings. The van der Waals surface area contributed by atoms with Crippen LogP contribution in [0.3, 0.4) is 0 Å². The average molecular weight is 191 g/mol. The first-order chi connectivity index (χ1) is 6.04. The second kappa shape index (κ2) is 10.9. The zero-order valence-electron chi connectivity index (χ0n) is 7.82. The van der Waals surface area contributed by atoms with Crippen LogP contribution < -0.4 is 5.73 Å². The van der Waals surface area contributed by atoms with E-state index in [0.717, 1.165) is 13.0 Å². The van der Waals surface area contributed by atoms with Crippen molar-refractivity contribution in [1.82, 2.24) is 0 Å². The normalized spacial score (nSPS) is 8.46. The molecule has 13 heavy (non-hydrogen) atoms. The van der Waals surface area contributed by atoms with Gasteiger partial charge >= 0.3 is 11.9 Å². The van der Waals surface area contributed by atoms with E-state index in [2.05, 4.69) is 6.92 Å². The molecule has 0 aromatic carbocycles. The third-order valence-corrected chi connectivity index (χ3v) is 1.07. The molecule has 4 N–H and O–H groups in total. The summed E-state index contributed by atoms with van der Waals surface area (Å²) in [4.78, 5) is 19.6. The van der Waals surface area contributed by atoms with Crippen LogP contribution in [0.25, 0.3) is 0 Å². The molecule has 0 saturated heterocycles. The van der Waals surface area contributed by atoms with E-state index in [0.29, 0.717) is 0 Å². The van der Waals surface area contributed by atoms with E-state index in [9.17, 15) is 9.59 Å². The lowest BCUT2D eigenvalue weighted by molar-refractivity contribution is -0.138. The Kier molecular flexibility index (Phi) is 12.1. The molecule has 0 unspecified atom stereocenters. The highest BCUT2D eigenvalue weighted by Gasteiger charge is 1.99. The Hall–Kier alpha value is -1.10. The summed E-state index contributed by atoms with van der Waals surface area (Å²) < 4.78 is 0. The number of nitrogens with two attached hydrogens (primary N) is 1. The van der Waals surface area contributed by atoms with Gasteiger partial charge in [0, 0.05) is 12.8 Å². The Morgan fingerprint density at radius 3 is 1.62 bits per heavy atom. The third kappa shape index (κ3) is 24.8. The Morgan fingerprint density at radius 1 is 1.15 bits per heavy atom. The average Bonchev–Trinajstić information content (AvgIpc) is 2.03. The van der Waals surface area contributed by atoms with Crippen LogP contribution in [0.15, 0.2) is 0 Å². The van der Waals surface area contributed by atoms with Gasteiger partial charge in [-0.2, -0.15) is 0 Å². The highest BCUT2D eigenvalue weighted by atomic mass is 16.4. The lowest BCUT2D eigenvalue weighted by Crippen LogP contribution is -1.98. The van der Waals surface area contributed by atoms with E-state index in [1.807, 2.05) is 0 Å². The maximum absolute atomic E-state index is 9.79. The van der Waals surface area contributed by atoms with Crippen LogP contribution in [-0.2, 0) is 9.59 Å². The first kappa shape index (κ1) is 14.4. The molecular formula is C8H17NO4. The smallest absolute Gasteiger partial charge is 0.303 e. The Labute approximate surface area is 77.6 Å². The van der Waals surface area contributed by atoms with Gasteiger partial charge in [-0.3, -0.25) is 9.59 Å². The third-order valence-electron chi connectivity index (χ3n) is 1.07. The summed E-state index contributed by atoms with van der Waals surface area (Å²) in [6.07, 6.45) is 1.18. The van der Waals surface area contributed by atoms with Crippen molar-refractivity contribution < 1.29 is 19.8 Å². The molecule has 0 aromatic heterocycles. The van der Waals surface area contributed by atoms with Gasteiger partial charge in [0.15, 0.2) is 0 Å². The van der Waals surface area contributed by atoms with Gasteiger partial charge in [0.1, 0.15) is 0 Å². The zero-order chi connectivity index (χ0) is 10.7. The van der Waals surface area contributed by atoms with Gasteiger partial charge in [0.2, 0.25) is 0 Å². The van der Waals surface area contributed by atoms with E-state index >= 15 is 0 Å². The fourth-order valence-corrected chi connectivity index (χ4v) is 0.391. The van der Waals surface area contributed by atoms with Crippen LogP contribution in [0.5, 0.6) is 0 Å². The molecule has 0 radical (unpaired) electrons. The zero-order valence-corrected chi connectivity index (χ0v) is 7.82. The van der Waals surface area contributed by atoms with Gasteiger partial charge in [-0.05, 0) is 19.4 Å². The number of rotatable bonds is 5. The largest absolute Gasteiger partial charge is 0.481 e. The minimum absolute atomic E-state index is 0.0632. The van der Waals surface area contributed by atoms with Crippen molar-refractivity contribution in [3.63, 3.8) is 0 Å². The first-order valence-corrected chi connectivity index (χ1v) is 4.18. The second-order valence-electron chi connectivity index (χ2n) is 2.43. The molecule has 0 rings (SSSR count). The van der Waals surface area contributed by atoms with Crippen LogP contribution >= 0.6 is 0 Å². The molecule has 78 valence electrons. The van der Waals surface area contributed by atoms with Crippen molar-refractivity contribution in [3.8, 4) is 0 Å². The van der Waals surface area contributed by atoms with Crippen molar-refractivity contribution in [3.05, 3.63) is 0 Å². The SMILES string of the molecule is CCCN.O=C(O)CCCC(=O)O. The molecule has 0 fully saturated rings. The number of aliphatic carboxylic acids is 2. The van der Waals surface area contributed by atoms with Gasteiger partial charge < -0.3 is 15.9 Å². The van der Waals surface area contributed by atoms with Gasteiger partial charge in [-0.15, -0.1) is 0 Å². The number of hydrogen-bond acceptors (Lipinski definition) is 3. The summed E-state index contributed by atoms with van der Waals surface area (Å²) in [6, 6.07) is 0. The summed E-state index contributed by atoms with van der Waals surface area (Å²) in [5, 5.41) is 16.1. The van der Waals surface area contributed by atoms with Crippen molar-refractivity contribution >= 4 is 11.9 Å². The molecule has 0 aliphatic rings. The van der Waals surface area contributed by atoms with Crippen LogP contribution in [0.2, 0.25) is 0 Å². The minimum Gasteiger partial charge on any atom is -0.481 e. The summed E-state index contributed by atoms with van der Waals surface area (Å²) in [5.41, 5.74) is 5.03. The summed E-state index contributed by atoms with van der Waals surface area (Å²) >= 11 is 0. The maximum atomic E-state index is 9.79. The van der Waals surface area contributed by atoms with Crippen molar-refractivity contribution in [1.29, 1.82) is 0 Å². The number of carboxylic acid groups (broad SMARTS) is 2. The second-order valence-corrected chi connectivity index (χ2v) is 2.43. The topological polar surface area (TPSA) is 101 Å². The highest BCUT2D eigenvalue weighted by molar-refractivity contribution is 5.69. The van der Waals surface area contributed by atoms with Gasteiger partial charge in [-0.1, -0.05) is 6.92 Å². The van der Waals surface area contributed by atoms with Crippen LogP contribution in [-0.4, -0.2) is 28.7 Å². The maximum Gasteiger partial charge on any atom is 0.303 e. The molecule has 0 amide bonds. The van der Waals surface area contributed by atoms with Crippen LogP contribution in [0, 0.1) is 0 Å². The molecule has 0 atom stereocenters. The predicted octanol–water partition coefficient (Wildman–Crippen LogP) is 0.681. The molecule has 5 nitrogen and oxygen atoms in total. The molecule has 5 heteroatoms. The van der Waals surface area contributed by atoms with E-state index in [1.54, 1.807) is 0 Å². The number of carboxylic acids is 2. The van der Waals surface area contributed by atoms with E-state index < -0.39 is 11.9 Å². The van der Waals surface area contributed by atoms with Gasteiger partial charge in [-0.25, -0.2) is 0 Å². The number of hydrogen-bond donors (Lipinski definition) is 3. The van der Waals surface area contributed by atoms with Crippen molar-refractivity contribution in [2.75, 3.05) is 6.54 Å². The predicted molar refractivity (Wildman–Crippen MR) is 48.5 cm³/mol. The Balaban J connectivity index is 0. The van der Waals surface area contributed by atoms with Crippen molar-refractivity contribution in [2.45, 2.75) is 32.6 Å².